The van der Waals surface area contributed by atoms with Gasteiger partial charge >= 0.3 is 0 Å². The molecule has 78 valence electrons. The molecule has 0 aromatic heterocycles. The maximum Gasteiger partial charge on any atom is 0.0908 e. The zero-order valence-corrected chi connectivity index (χ0v) is 11.2. The number of benzene rings is 1. The standard InChI is InChI=1S/C11H16Cl2Si/c12-11(13)14-9-5-4-8-10-6-2-1-3-7-10/h1-3,6-7,11H,4-5,8-9,14H2. The first-order valence-electron chi connectivity index (χ1n) is 5.11. The Balaban J connectivity index is 2.05. The number of hydrogen-bond acceptors (Lipinski definition) is 0. The highest BCUT2D eigenvalue weighted by molar-refractivity contribution is 6.68. The lowest BCUT2D eigenvalue weighted by atomic mass is 10.1. The van der Waals surface area contributed by atoms with Crippen LogP contribution >= 0.6 is 23.2 Å². The minimum Gasteiger partial charge on any atom is -0.110 e. The lowest BCUT2D eigenvalue weighted by Gasteiger charge is -2.01. The van der Waals surface area contributed by atoms with Crippen LogP contribution in [0.1, 0.15) is 18.4 Å². The van der Waals surface area contributed by atoms with Gasteiger partial charge in [-0.05, 0) is 18.4 Å². The van der Waals surface area contributed by atoms with Crippen LogP contribution in [0.3, 0.4) is 0 Å². The lowest BCUT2D eigenvalue weighted by Crippen LogP contribution is -2.00. The Kier molecular flexibility index (Phi) is 6.33. The van der Waals surface area contributed by atoms with Gasteiger partial charge in [-0.15, -0.1) is 23.2 Å². The van der Waals surface area contributed by atoms with Crippen LogP contribution in [0.15, 0.2) is 30.3 Å². The van der Waals surface area contributed by atoms with Crippen molar-refractivity contribution in [3.05, 3.63) is 35.9 Å². The van der Waals surface area contributed by atoms with E-state index in [9.17, 15) is 0 Å². The van der Waals surface area contributed by atoms with Gasteiger partial charge in [0.25, 0.3) is 0 Å². The highest BCUT2D eigenvalue weighted by Gasteiger charge is 1.99. The number of halogens is 2. The summed E-state index contributed by atoms with van der Waals surface area (Å²) in [5.74, 6) is 0. The summed E-state index contributed by atoms with van der Waals surface area (Å²) in [5.41, 5.74) is 1.43. The van der Waals surface area contributed by atoms with Crippen LogP contribution in [0.25, 0.3) is 0 Å². The van der Waals surface area contributed by atoms with Gasteiger partial charge in [0.1, 0.15) is 0 Å². The molecule has 0 atom stereocenters. The summed E-state index contributed by atoms with van der Waals surface area (Å²) in [6.45, 7) is 0. The molecule has 0 saturated heterocycles. The minimum atomic E-state index is -0.223. The van der Waals surface area contributed by atoms with Gasteiger partial charge in [-0.25, -0.2) is 0 Å². The summed E-state index contributed by atoms with van der Waals surface area (Å²) in [4.78, 5) is 0. The van der Waals surface area contributed by atoms with Gasteiger partial charge in [0.2, 0.25) is 0 Å². The molecule has 0 heterocycles. The van der Waals surface area contributed by atoms with Crippen molar-refractivity contribution in [3.63, 3.8) is 0 Å². The van der Waals surface area contributed by atoms with Crippen molar-refractivity contribution in [1.82, 2.24) is 0 Å². The minimum absolute atomic E-state index is 0.0493. The second-order valence-corrected chi connectivity index (χ2v) is 7.89. The highest BCUT2D eigenvalue weighted by atomic mass is 35.5. The van der Waals surface area contributed by atoms with Gasteiger partial charge in [0, 0.05) is 0 Å². The van der Waals surface area contributed by atoms with E-state index in [4.69, 9.17) is 23.2 Å². The molecule has 0 aliphatic rings. The highest BCUT2D eigenvalue weighted by Crippen LogP contribution is 2.08. The van der Waals surface area contributed by atoms with E-state index in [1.807, 2.05) is 0 Å². The lowest BCUT2D eigenvalue weighted by molar-refractivity contribution is 0.791. The average Bonchev–Trinajstić information content (AvgIpc) is 2.18. The maximum atomic E-state index is 5.70. The molecule has 14 heavy (non-hydrogen) atoms. The first kappa shape index (κ1) is 12.1. The first-order valence-corrected chi connectivity index (χ1v) is 7.80. The summed E-state index contributed by atoms with van der Waals surface area (Å²) >= 11 is 11.4. The second kappa shape index (κ2) is 7.33. The van der Waals surface area contributed by atoms with Gasteiger partial charge in [-0.1, -0.05) is 42.8 Å². The number of unbranched alkanes of at least 4 members (excludes halogenated alkanes) is 1. The van der Waals surface area contributed by atoms with Gasteiger partial charge < -0.3 is 0 Å². The number of aryl methyl sites for hydroxylation is 1. The van der Waals surface area contributed by atoms with E-state index in [0.717, 1.165) is 0 Å². The molecule has 0 spiro atoms. The number of alkyl halides is 2. The van der Waals surface area contributed by atoms with Crippen LogP contribution in [0.5, 0.6) is 0 Å². The van der Waals surface area contributed by atoms with Crippen LogP contribution in [-0.2, 0) is 6.42 Å². The molecule has 0 fully saturated rings. The molecule has 0 N–H and O–H groups in total. The fourth-order valence-electron chi connectivity index (χ4n) is 1.45. The first-order chi connectivity index (χ1) is 6.79. The summed E-state index contributed by atoms with van der Waals surface area (Å²) < 4.78 is -0.0493. The fraction of sp³-hybridized carbons (Fsp3) is 0.455. The Morgan fingerprint density at radius 2 is 1.79 bits per heavy atom. The smallest absolute Gasteiger partial charge is 0.0908 e. The summed E-state index contributed by atoms with van der Waals surface area (Å²) in [6, 6.07) is 11.9. The van der Waals surface area contributed by atoms with Crippen LogP contribution in [0.4, 0.5) is 0 Å². The zero-order chi connectivity index (χ0) is 10.2. The van der Waals surface area contributed by atoms with Crippen molar-refractivity contribution in [1.29, 1.82) is 0 Å². The molecule has 0 nitrogen and oxygen atoms in total. The third-order valence-electron chi connectivity index (χ3n) is 2.23. The normalized spacial score (nSPS) is 11.6. The van der Waals surface area contributed by atoms with Gasteiger partial charge in [0.05, 0.1) is 14.0 Å². The van der Waals surface area contributed by atoms with Crippen LogP contribution < -0.4 is 0 Å². The van der Waals surface area contributed by atoms with E-state index in [0.29, 0.717) is 0 Å². The fourth-order valence-corrected chi connectivity index (χ4v) is 3.33. The SMILES string of the molecule is ClC(Cl)[SiH2]CCCCc1ccccc1. The van der Waals surface area contributed by atoms with Gasteiger partial charge in [-0.2, -0.15) is 0 Å². The summed E-state index contributed by atoms with van der Waals surface area (Å²) in [7, 11) is -0.223. The Labute approximate surface area is 98.4 Å². The van der Waals surface area contributed by atoms with Crippen molar-refractivity contribution in [2.75, 3.05) is 0 Å². The molecule has 1 aromatic rings. The van der Waals surface area contributed by atoms with Crippen molar-refractivity contribution in [2.45, 2.75) is 29.8 Å². The predicted octanol–water partition coefficient (Wildman–Crippen LogP) is 3.36. The van der Waals surface area contributed by atoms with E-state index in [1.165, 1.54) is 30.9 Å². The van der Waals surface area contributed by atoms with E-state index < -0.39 is 0 Å². The third kappa shape index (κ3) is 5.69. The van der Waals surface area contributed by atoms with Crippen molar-refractivity contribution in [3.8, 4) is 0 Å². The van der Waals surface area contributed by atoms with E-state index >= 15 is 0 Å². The molecule has 0 unspecified atom stereocenters. The Bertz CT molecular complexity index is 236. The largest absolute Gasteiger partial charge is 0.110 e. The summed E-state index contributed by atoms with van der Waals surface area (Å²) in [6.07, 6.45) is 3.72. The molecule has 0 aliphatic heterocycles. The molecule has 0 saturated carbocycles. The molecule has 0 amide bonds. The molecular formula is C11H16Cl2Si. The van der Waals surface area contributed by atoms with Crippen molar-refractivity contribution >= 4 is 32.7 Å². The van der Waals surface area contributed by atoms with Crippen LogP contribution in [0.2, 0.25) is 6.04 Å². The molecule has 0 radical (unpaired) electrons. The van der Waals surface area contributed by atoms with Crippen LogP contribution in [0, 0.1) is 0 Å². The predicted molar refractivity (Wildman–Crippen MR) is 68.2 cm³/mol. The number of hydrogen-bond donors (Lipinski definition) is 0. The van der Waals surface area contributed by atoms with E-state index in [2.05, 4.69) is 30.3 Å². The molecule has 0 bridgehead atoms. The zero-order valence-electron chi connectivity index (χ0n) is 8.26. The monoisotopic (exact) mass is 246 g/mol. The molecular weight excluding hydrogens is 231 g/mol. The average molecular weight is 247 g/mol. The van der Waals surface area contributed by atoms with Gasteiger partial charge in [-0.3, -0.25) is 0 Å². The Hall–Kier alpha value is 0.0169. The van der Waals surface area contributed by atoms with Crippen molar-refractivity contribution < 1.29 is 0 Å². The second-order valence-electron chi connectivity index (χ2n) is 3.48. The molecule has 3 heteroatoms. The molecule has 0 aliphatic carbocycles. The number of rotatable bonds is 6. The quantitative estimate of drug-likeness (QED) is 0.411. The molecule has 1 rings (SSSR count). The van der Waals surface area contributed by atoms with E-state index in [-0.39, 0.29) is 14.0 Å². The van der Waals surface area contributed by atoms with Crippen LogP contribution in [-0.4, -0.2) is 14.0 Å². The maximum absolute atomic E-state index is 5.70. The third-order valence-corrected chi connectivity index (χ3v) is 4.88. The van der Waals surface area contributed by atoms with E-state index in [1.54, 1.807) is 0 Å². The Morgan fingerprint density at radius 1 is 1.07 bits per heavy atom. The van der Waals surface area contributed by atoms with Gasteiger partial charge in [0.15, 0.2) is 0 Å². The van der Waals surface area contributed by atoms with Crippen molar-refractivity contribution in [2.24, 2.45) is 0 Å². The Morgan fingerprint density at radius 3 is 2.43 bits per heavy atom. The topological polar surface area (TPSA) is 0 Å². The summed E-state index contributed by atoms with van der Waals surface area (Å²) in [5, 5.41) is 0. The molecule has 1 aromatic carbocycles.